The third-order valence-electron chi connectivity index (χ3n) is 3.44. The number of nitrogens with one attached hydrogen (secondary N) is 1. The molecule has 0 spiro atoms. The third-order valence-corrected chi connectivity index (χ3v) is 3.44. The zero-order chi connectivity index (χ0) is 15.2. The molecule has 1 amide bonds. The summed E-state index contributed by atoms with van der Waals surface area (Å²) in [6.45, 7) is 4.19. The highest BCUT2D eigenvalue weighted by Gasteiger charge is 2.18. The van der Waals surface area contributed by atoms with Gasteiger partial charge in [0.05, 0.1) is 12.5 Å². The van der Waals surface area contributed by atoms with Crippen molar-refractivity contribution in [2.75, 3.05) is 0 Å². The van der Waals surface area contributed by atoms with Gasteiger partial charge in [0.2, 0.25) is 5.91 Å². The summed E-state index contributed by atoms with van der Waals surface area (Å²) in [5.74, 6) is 0.517. The summed E-state index contributed by atoms with van der Waals surface area (Å²) in [6, 6.07) is 16.7. The van der Waals surface area contributed by atoms with Gasteiger partial charge in [-0.3, -0.25) is 4.79 Å². The van der Waals surface area contributed by atoms with Gasteiger partial charge in [-0.15, -0.1) is 0 Å². The van der Waals surface area contributed by atoms with Crippen LogP contribution in [0.3, 0.4) is 0 Å². The van der Waals surface area contributed by atoms with Crippen LogP contribution in [0.25, 0.3) is 0 Å². The van der Waals surface area contributed by atoms with Crippen LogP contribution in [0.2, 0.25) is 0 Å². The lowest BCUT2D eigenvalue weighted by atomic mass is 9.95. The van der Waals surface area contributed by atoms with E-state index >= 15 is 0 Å². The molecule has 0 bridgehead atoms. The highest BCUT2D eigenvalue weighted by Crippen LogP contribution is 2.21. The molecule has 0 aliphatic rings. The van der Waals surface area contributed by atoms with Gasteiger partial charge in [0.1, 0.15) is 5.75 Å². The molecule has 2 aromatic rings. The zero-order valence-corrected chi connectivity index (χ0v) is 12.4. The number of amides is 1. The van der Waals surface area contributed by atoms with E-state index in [1.54, 1.807) is 24.3 Å². The number of aromatic hydroxyl groups is 1. The van der Waals surface area contributed by atoms with E-state index in [4.69, 9.17) is 0 Å². The lowest BCUT2D eigenvalue weighted by Crippen LogP contribution is -2.32. The Morgan fingerprint density at radius 2 is 1.67 bits per heavy atom. The van der Waals surface area contributed by atoms with Crippen LogP contribution >= 0.6 is 0 Å². The molecule has 0 radical (unpaired) electrons. The molecule has 3 heteroatoms. The Bertz CT molecular complexity index is 576. The first-order chi connectivity index (χ1) is 10.1. The van der Waals surface area contributed by atoms with E-state index in [0.717, 1.165) is 11.1 Å². The molecular weight excluding hydrogens is 262 g/mol. The normalized spacial score (nSPS) is 12.1. The van der Waals surface area contributed by atoms with Gasteiger partial charge in [0.25, 0.3) is 0 Å². The number of phenols is 1. The Morgan fingerprint density at radius 3 is 2.24 bits per heavy atom. The lowest BCUT2D eigenvalue weighted by Gasteiger charge is -2.23. The van der Waals surface area contributed by atoms with E-state index in [1.807, 2.05) is 30.3 Å². The smallest absolute Gasteiger partial charge is 0.224 e. The van der Waals surface area contributed by atoms with Crippen LogP contribution in [-0.2, 0) is 11.2 Å². The van der Waals surface area contributed by atoms with Gasteiger partial charge in [0.15, 0.2) is 0 Å². The maximum Gasteiger partial charge on any atom is 0.224 e. The van der Waals surface area contributed by atoms with Gasteiger partial charge >= 0.3 is 0 Å². The van der Waals surface area contributed by atoms with Crippen LogP contribution in [0.15, 0.2) is 54.6 Å². The molecule has 0 saturated carbocycles. The molecule has 21 heavy (non-hydrogen) atoms. The first-order valence-electron chi connectivity index (χ1n) is 7.18. The van der Waals surface area contributed by atoms with Crippen LogP contribution in [-0.4, -0.2) is 11.0 Å². The van der Waals surface area contributed by atoms with Crippen LogP contribution in [0.4, 0.5) is 0 Å². The predicted molar refractivity (Wildman–Crippen MR) is 84.0 cm³/mol. The first kappa shape index (κ1) is 15.1. The molecular formula is C18H21NO2. The Labute approximate surface area is 125 Å². The van der Waals surface area contributed by atoms with Crippen LogP contribution in [0.1, 0.15) is 31.0 Å². The van der Waals surface area contributed by atoms with E-state index < -0.39 is 0 Å². The molecule has 1 atom stereocenters. The van der Waals surface area contributed by atoms with Gasteiger partial charge in [-0.2, -0.15) is 0 Å². The monoisotopic (exact) mass is 283 g/mol. The van der Waals surface area contributed by atoms with Crippen molar-refractivity contribution >= 4 is 5.91 Å². The van der Waals surface area contributed by atoms with E-state index in [1.165, 1.54) is 0 Å². The van der Waals surface area contributed by atoms with Crippen molar-refractivity contribution in [3.8, 4) is 5.75 Å². The van der Waals surface area contributed by atoms with Gasteiger partial charge in [-0.1, -0.05) is 56.3 Å². The molecule has 2 N–H and O–H groups in total. The predicted octanol–water partition coefficient (Wildman–Crippen LogP) is 3.45. The standard InChI is InChI=1S/C18H21NO2/c1-13(2)18(15-6-4-3-5-7-15)19-17(21)12-14-8-10-16(20)11-9-14/h3-11,13,18,20H,12H2,1-2H3,(H,19,21). The maximum absolute atomic E-state index is 12.2. The molecule has 3 nitrogen and oxygen atoms in total. The molecule has 2 aromatic carbocycles. The van der Waals surface area contributed by atoms with Crippen LogP contribution < -0.4 is 5.32 Å². The van der Waals surface area contributed by atoms with Crippen molar-refractivity contribution in [3.63, 3.8) is 0 Å². The fourth-order valence-corrected chi connectivity index (χ4v) is 2.32. The molecule has 2 rings (SSSR count). The first-order valence-corrected chi connectivity index (χ1v) is 7.18. The van der Waals surface area contributed by atoms with Gasteiger partial charge in [0, 0.05) is 0 Å². The van der Waals surface area contributed by atoms with Crippen molar-refractivity contribution in [3.05, 3.63) is 65.7 Å². The number of phenolic OH excluding ortho intramolecular Hbond substituents is 1. The number of hydrogen-bond acceptors (Lipinski definition) is 2. The third kappa shape index (κ3) is 4.35. The highest BCUT2D eigenvalue weighted by atomic mass is 16.3. The number of rotatable bonds is 5. The maximum atomic E-state index is 12.2. The molecule has 1 unspecified atom stereocenters. The van der Waals surface area contributed by atoms with E-state index in [2.05, 4.69) is 19.2 Å². The topological polar surface area (TPSA) is 49.3 Å². The van der Waals surface area contributed by atoms with Gasteiger partial charge in [-0.05, 0) is 29.2 Å². The van der Waals surface area contributed by atoms with Crippen molar-refractivity contribution in [2.24, 2.45) is 5.92 Å². The average Bonchev–Trinajstić information content (AvgIpc) is 2.48. The van der Waals surface area contributed by atoms with E-state index in [9.17, 15) is 9.90 Å². The van der Waals surface area contributed by atoms with E-state index in [0.29, 0.717) is 12.3 Å². The minimum Gasteiger partial charge on any atom is -0.508 e. The fourth-order valence-electron chi connectivity index (χ4n) is 2.32. The van der Waals surface area contributed by atoms with E-state index in [-0.39, 0.29) is 17.7 Å². The number of carbonyl (C=O) groups is 1. The summed E-state index contributed by atoms with van der Waals surface area (Å²) < 4.78 is 0. The summed E-state index contributed by atoms with van der Waals surface area (Å²) in [4.78, 5) is 12.2. The van der Waals surface area contributed by atoms with Crippen LogP contribution in [0, 0.1) is 5.92 Å². The molecule has 110 valence electrons. The molecule has 0 aliphatic heterocycles. The fraction of sp³-hybridized carbons (Fsp3) is 0.278. The van der Waals surface area contributed by atoms with Crippen molar-refractivity contribution in [1.82, 2.24) is 5.32 Å². The van der Waals surface area contributed by atoms with Crippen molar-refractivity contribution in [1.29, 1.82) is 0 Å². The van der Waals surface area contributed by atoms with Gasteiger partial charge in [-0.25, -0.2) is 0 Å². The molecule has 0 fully saturated rings. The Hall–Kier alpha value is -2.29. The average molecular weight is 283 g/mol. The SMILES string of the molecule is CC(C)C(NC(=O)Cc1ccc(O)cc1)c1ccccc1. The summed E-state index contributed by atoms with van der Waals surface area (Å²) in [5.41, 5.74) is 2.01. The molecule has 0 heterocycles. The minimum atomic E-state index is -0.0109. The number of benzene rings is 2. The lowest BCUT2D eigenvalue weighted by molar-refractivity contribution is -0.121. The quantitative estimate of drug-likeness (QED) is 0.883. The van der Waals surface area contributed by atoms with Crippen LogP contribution in [0.5, 0.6) is 5.75 Å². The second kappa shape index (κ2) is 6.93. The summed E-state index contributed by atoms with van der Waals surface area (Å²) in [7, 11) is 0. The molecule has 0 saturated heterocycles. The highest BCUT2D eigenvalue weighted by molar-refractivity contribution is 5.79. The molecule has 0 aliphatic carbocycles. The summed E-state index contributed by atoms with van der Waals surface area (Å²) in [5, 5.41) is 12.4. The molecule has 0 aromatic heterocycles. The summed E-state index contributed by atoms with van der Waals surface area (Å²) >= 11 is 0. The second-order valence-electron chi connectivity index (χ2n) is 5.54. The minimum absolute atomic E-state index is 0.0100. The zero-order valence-electron chi connectivity index (χ0n) is 12.4. The van der Waals surface area contributed by atoms with Crippen molar-refractivity contribution < 1.29 is 9.90 Å². The Kier molecular flexibility index (Phi) is 4.99. The Balaban J connectivity index is 2.03. The number of carbonyl (C=O) groups excluding carboxylic acids is 1. The Morgan fingerprint density at radius 1 is 1.05 bits per heavy atom. The van der Waals surface area contributed by atoms with Gasteiger partial charge < -0.3 is 10.4 Å². The summed E-state index contributed by atoms with van der Waals surface area (Å²) in [6.07, 6.45) is 0.316. The number of hydrogen-bond donors (Lipinski definition) is 2. The van der Waals surface area contributed by atoms with Crippen molar-refractivity contribution in [2.45, 2.75) is 26.3 Å². The second-order valence-corrected chi connectivity index (χ2v) is 5.54. The largest absolute Gasteiger partial charge is 0.508 e.